The lowest BCUT2D eigenvalue weighted by Gasteiger charge is -2.28. The summed E-state index contributed by atoms with van der Waals surface area (Å²) in [5, 5.41) is 16.8. The third-order valence-electron chi connectivity index (χ3n) is 6.77. The molecule has 5 rings (SSSR count). The Morgan fingerprint density at radius 1 is 1.29 bits per heavy atom. The van der Waals surface area contributed by atoms with Crippen LogP contribution in [0.25, 0.3) is 11.1 Å². The molecule has 1 saturated heterocycles. The van der Waals surface area contributed by atoms with Crippen molar-refractivity contribution in [2.24, 2.45) is 0 Å². The molecule has 0 saturated carbocycles. The first-order valence-corrected chi connectivity index (χ1v) is 12.1. The monoisotopic (exact) mass is 484 g/mol. The highest BCUT2D eigenvalue weighted by Gasteiger charge is 2.33. The van der Waals surface area contributed by atoms with Crippen molar-refractivity contribution in [2.75, 3.05) is 44.7 Å². The number of ether oxygens (including phenoxy) is 1. The van der Waals surface area contributed by atoms with Crippen LogP contribution in [0.15, 0.2) is 18.2 Å². The van der Waals surface area contributed by atoms with Gasteiger partial charge in [-0.25, -0.2) is 0 Å². The molecule has 1 aliphatic carbocycles. The number of hydrogen-bond acceptors (Lipinski definition) is 5. The fraction of sp³-hybridized carbons (Fsp3) is 0.440. The van der Waals surface area contributed by atoms with E-state index < -0.39 is 6.10 Å². The van der Waals surface area contributed by atoms with Crippen LogP contribution in [0.2, 0.25) is 5.02 Å². The first kappa shape index (κ1) is 23.1. The number of hydrogen-bond donors (Lipinski definition) is 4. The smallest absolute Gasteiger partial charge is 0.256 e. The number of aromatic nitrogens is 1. The molecule has 8 nitrogen and oxygen atoms in total. The minimum Gasteiger partial charge on any atom is -0.390 e. The van der Waals surface area contributed by atoms with Gasteiger partial charge >= 0.3 is 0 Å². The van der Waals surface area contributed by atoms with Gasteiger partial charge in [0, 0.05) is 53.8 Å². The SMILES string of the molecule is Cc1[nH]c2c(c1C(=O)NCC(O)CN1CCOCC1)CCC/C2=C1/C(=O)Nc2ccc(Cl)cc21. The number of allylic oxidation sites excluding steroid dienone is 1. The van der Waals surface area contributed by atoms with E-state index in [4.69, 9.17) is 16.3 Å². The number of nitrogens with zero attached hydrogens (tertiary/aromatic N) is 1. The molecule has 3 aliphatic rings. The number of morpholine rings is 1. The van der Waals surface area contributed by atoms with E-state index in [1.807, 2.05) is 19.1 Å². The number of aryl methyl sites for hydroxylation is 1. The van der Waals surface area contributed by atoms with Crippen LogP contribution in [0.5, 0.6) is 0 Å². The van der Waals surface area contributed by atoms with E-state index in [1.54, 1.807) is 6.07 Å². The van der Waals surface area contributed by atoms with Crippen LogP contribution in [0.3, 0.4) is 0 Å². The van der Waals surface area contributed by atoms with Gasteiger partial charge in [-0.3, -0.25) is 14.5 Å². The average molecular weight is 485 g/mol. The fourth-order valence-corrected chi connectivity index (χ4v) is 5.37. The van der Waals surface area contributed by atoms with E-state index in [0.29, 0.717) is 35.9 Å². The number of carbonyl (C=O) groups excluding carboxylic acids is 2. The Morgan fingerprint density at radius 2 is 2.09 bits per heavy atom. The molecule has 9 heteroatoms. The number of aliphatic hydroxyl groups is 1. The van der Waals surface area contributed by atoms with Crippen LogP contribution in [0, 0.1) is 6.92 Å². The molecule has 0 radical (unpaired) electrons. The Morgan fingerprint density at radius 3 is 2.88 bits per heavy atom. The van der Waals surface area contributed by atoms with E-state index in [-0.39, 0.29) is 18.4 Å². The van der Waals surface area contributed by atoms with Gasteiger partial charge in [0.05, 0.1) is 30.5 Å². The highest BCUT2D eigenvalue weighted by molar-refractivity contribution is 6.38. The van der Waals surface area contributed by atoms with Crippen LogP contribution in [-0.2, 0) is 16.0 Å². The first-order valence-electron chi connectivity index (χ1n) is 11.7. The number of benzene rings is 1. The highest BCUT2D eigenvalue weighted by Crippen LogP contribution is 2.43. The first-order chi connectivity index (χ1) is 16.4. The Hall–Kier alpha value is -2.65. The molecule has 1 aromatic carbocycles. The largest absolute Gasteiger partial charge is 0.390 e. The summed E-state index contributed by atoms with van der Waals surface area (Å²) in [5.41, 5.74) is 6.22. The van der Waals surface area contributed by atoms with Crippen LogP contribution in [0.4, 0.5) is 5.69 Å². The van der Waals surface area contributed by atoms with Crippen molar-refractivity contribution in [3.63, 3.8) is 0 Å². The molecule has 2 amide bonds. The molecular formula is C25H29ClN4O4. The van der Waals surface area contributed by atoms with Gasteiger partial charge in [0.25, 0.3) is 11.8 Å². The second-order valence-corrected chi connectivity index (χ2v) is 9.54. The van der Waals surface area contributed by atoms with Crippen LogP contribution < -0.4 is 10.6 Å². The molecule has 180 valence electrons. The average Bonchev–Trinajstić information content (AvgIpc) is 3.33. The number of β-amino-alcohol motifs (C(OH)–C–C–N with tert-alkyl or cyclic N) is 1. The zero-order valence-electron chi connectivity index (χ0n) is 19.2. The molecule has 2 aliphatic heterocycles. The molecule has 1 atom stereocenters. The quantitative estimate of drug-likeness (QED) is 0.488. The predicted molar refractivity (Wildman–Crippen MR) is 131 cm³/mol. The van der Waals surface area contributed by atoms with Crippen LogP contribution >= 0.6 is 11.6 Å². The summed E-state index contributed by atoms with van der Waals surface area (Å²) in [5.74, 6) is -0.355. The Balaban J connectivity index is 1.38. The summed E-state index contributed by atoms with van der Waals surface area (Å²) in [7, 11) is 0. The van der Waals surface area contributed by atoms with Crippen molar-refractivity contribution in [1.82, 2.24) is 15.2 Å². The second kappa shape index (κ2) is 9.54. The summed E-state index contributed by atoms with van der Waals surface area (Å²) in [4.78, 5) is 31.5. The van der Waals surface area contributed by atoms with Crippen LogP contribution in [0.1, 0.15) is 45.7 Å². The van der Waals surface area contributed by atoms with E-state index >= 15 is 0 Å². The van der Waals surface area contributed by atoms with Crippen molar-refractivity contribution in [3.8, 4) is 0 Å². The Kier molecular flexibility index (Phi) is 6.48. The highest BCUT2D eigenvalue weighted by atomic mass is 35.5. The van der Waals surface area contributed by atoms with Gasteiger partial charge in [-0.1, -0.05) is 11.6 Å². The molecule has 3 heterocycles. The summed E-state index contributed by atoms with van der Waals surface area (Å²) in [6, 6.07) is 5.38. The number of halogens is 1. The number of anilines is 1. The minimum atomic E-state index is -0.654. The maximum absolute atomic E-state index is 13.1. The molecule has 0 spiro atoms. The van der Waals surface area contributed by atoms with Crippen molar-refractivity contribution in [1.29, 1.82) is 0 Å². The maximum Gasteiger partial charge on any atom is 0.256 e. The lowest BCUT2D eigenvalue weighted by molar-refractivity contribution is -0.110. The number of H-pyrrole nitrogens is 1. The molecule has 34 heavy (non-hydrogen) atoms. The number of amides is 2. The van der Waals surface area contributed by atoms with Crippen molar-refractivity contribution in [3.05, 3.63) is 51.3 Å². The summed E-state index contributed by atoms with van der Waals surface area (Å²) < 4.78 is 5.34. The van der Waals surface area contributed by atoms with Gasteiger partial charge < -0.3 is 25.5 Å². The van der Waals surface area contributed by atoms with E-state index in [2.05, 4.69) is 20.5 Å². The third-order valence-corrected chi connectivity index (χ3v) is 7.01. The minimum absolute atomic E-state index is 0.149. The van der Waals surface area contributed by atoms with Gasteiger partial charge in [-0.2, -0.15) is 0 Å². The molecule has 1 unspecified atom stereocenters. The Bertz CT molecular complexity index is 1170. The lowest BCUT2D eigenvalue weighted by atomic mass is 9.86. The number of nitrogens with one attached hydrogen (secondary N) is 3. The third kappa shape index (κ3) is 4.38. The molecule has 1 aromatic heterocycles. The van der Waals surface area contributed by atoms with Crippen molar-refractivity contribution in [2.45, 2.75) is 32.3 Å². The Labute approximate surface area is 203 Å². The summed E-state index contributed by atoms with van der Waals surface area (Å²) in [6.45, 7) is 5.46. The molecule has 4 N–H and O–H groups in total. The zero-order valence-corrected chi connectivity index (χ0v) is 19.9. The van der Waals surface area contributed by atoms with E-state index in [1.165, 1.54) is 0 Å². The van der Waals surface area contributed by atoms with Gasteiger partial charge in [0.15, 0.2) is 0 Å². The molecule has 0 bridgehead atoms. The number of carbonyl (C=O) groups is 2. The number of rotatable bonds is 5. The zero-order chi connectivity index (χ0) is 23.8. The van der Waals surface area contributed by atoms with E-state index in [9.17, 15) is 14.7 Å². The topological polar surface area (TPSA) is 107 Å². The van der Waals surface area contributed by atoms with Crippen LogP contribution in [-0.4, -0.2) is 72.3 Å². The van der Waals surface area contributed by atoms with Crippen molar-refractivity contribution < 1.29 is 19.4 Å². The summed E-state index contributed by atoms with van der Waals surface area (Å²) >= 11 is 6.22. The molecule has 1 fully saturated rings. The lowest BCUT2D eigenvalue weighted by Crippen LogP contribution is -2.44. The van der Waals surface area contributed by atoms with Gasteiger partial charge in [-0.15, -0.1) is 0 Å². The predicted octanol–water partition coefficient (Wildman–Crippen LogP) is 2.60. The molecule has 2 aromatic rings. The fourth-order valence-electron chi connectivity index (χ4n) is 5.19. The van der Waals surface area contributed by atoms with Gasteiger partial charge in [0.2, 0.25) is 0 Å². The molecular weight excluding hydrogens is 456 g/mol. The maximum atomic E-state index is 13.1. The number of aromatic amines is 1. The van der Waals surface area contributed by atoms with E-state index in [0.717, 1.165) is 66.1 Å². The van der Waals surface area contributed by atoms with Crippen molar-refractivity contribution >= 4 is 40.2 Å². The number of fused-ring (bicyclic) bond motifs is 2. The second-order valence-electron chi connectivity index (χ2n) is 9.11. The van der Waals surface area contributed by atoms with Gasteiger partial charge in [-0.05, 0) is 55.5 Å². The van der Waals surface area contributed by atoms with Gasteiger partial charge in [0.1, 0.15) is 0 Å². The summed E-state index contributed by atoms with van der Waals surface area (Å²) in [6.07, 6.45) is 1.67. The normalized spacial score (nSPS) is 21.1. The standard InChI is InChI=1S/C25H29ClN4O4/c1-14-21(24(32)27-12-16(31)13-30-7-9-34-10-8-30)17-3-2-4-18(23(17)28-14)22-19-11-15(26)5-6-20(19)29-25(22)33/h5-6,11,16,28,31H,2-4,7-10,12-13H2,1H3,(H,27,32)(H,29,33)/b22-18-. The number of aliphatic hydroxyl groups excluding tert-OH is 1.